The van der Waals surface area contributed by atoms with Crippen LogP contribution in [0.25, 0.3) is 11.0 Å². The van der Waals surface area contributed by atoms with E-state index in [2.05, 4.69) is 9.97 Å². The van der Waals surface area contributed by atoms with Crippen LogP contribution in [0.4, 0.5) is 4.39 Å². The van der Waals surface area contributed by atoms with E-state index in [-0.39, 0.29) is 12.2 Å². The van der Waals surface area contributed by atoms with Crippen LogP contribution in [0.1, 0.15) is 11.3 Å². The summed E-state index contributed by atoms with van der Waals surface area (Å²) in [5, 5.41) is 8.84. The van der Waals surface area contributed by atoms with Crippen LogP contribution in [0.5, 0.6) is 0 Å². The molecule has 0 aliphatic heterocycles. The minimum Gasteiger partial charge on any atom is -0.392 e. The molecule has 0 aliphatic rings. The summed E-state index contributed by atoms with van der Waals surface area (Å²) in [6.45, 7) is 1.47. The molecule has 4 heteroatoms. The lowest BCUT2D eigenvalue weighted by molar-refractivity contribution is 0.276. The summed E-state index contributed by atoms with van der Waals surface area (Å²) in [6.07, 6.45) is 1.61. The molecule has 2 rings (SSSR count). The topological polar surface area (TPSA) is 46.0 Å². The van der Waals surface area contributed by atoms with Crippen molar-refractivity contribution in [3.8, 4) is 0 Å². The lowest BCUT2D eigenvalue weighted by atomic mass is 10.2. The highest BCUT2D eigenvalue weighted by atomic mass is 19.1. The van der Waals surface area contributed by atoms with Gasteiger partial charge in [-0.25, -0.2) is 9.37 Å². The summed E-state index contributed by atoms with van der Waals surface area (Å²) < 4.78 is 13.2. The van der Waals surface area contributed by atoms with Gasteiger partial charge in [-0.3, -0.25) is 4.98 Å². The first-order valence-corrected chi connectivity index (χ1v) is 4.23. The Balaban J connectivity index is 2.73. The Morgan fingerprint density at radius 1 is 1.36 bits per heavy atom. The highest BCUT2D eigenvalue weighted by Crippen LogP contribution is 2.15. The van der Waals surface area contributed by atoms with Crippen LogP contribution < -0.4 is 0 Å². The molecule has 1 aromatic carbocycles. The molecule has 14 heavy (non-hydrogen) atoms. The van der Waals surface area contributed by atoms with Gasteiger partial charge in [0.1, 0.15) is 5.82 Å². The number of hydrogen-bond acceptors (Lipinski definition) is 3. The van der Waals surface area contributed by atoms with Crippen molar-refractivity contribution in [3.63, 3.8) is 0 Å². The quantitative estimate of drug-likeness (QED) is 0.746. The summed E-state index contributed by atoms with van der Waals surface area (Å²) in [5.74, 6) is -0.445. The molecule has 0 radical (unpaired) electrons. The van der Waals surface area contributed by atoms with Crippen LogP contribution in [0.2, 0.25) is 0 Å². The molecular formula is C10H9FN2O. The minimum absolute atomic E-state index is 0.246. The van der Waals surface area contributed by atoms with Crippen LogP contribution in [0.3, 0.4) is 0 Å². The van der Waals surface area contributed by atoms with Crippen LogP contribution in [-0.4, -0.2) is 15.1 Å². The number of aromatic nitrogens is 2. The zero-order valence-electron chi connectivity index (χ0n) is 7.66. The van der Waals surface area contributed by atoms with Gasteiger partial charge in [-0.05, 0) is 13.0 Å². The predicted octanol–water partition coefficient (Wildman–Crippen LogP) is 1.57. The van der Waals surface area contributed by atoms with Crippen molar-refractivity contribution >= 4 is 11.0 Å². The van der Waals surface area contributed by atoms with Crippen LogP contribution in [0.15, 0.2) is 18.3 Å². The molecule has 1 N–H and O–H groups in total. The zero-order chi connectivity index (χ0) is 10.1. The van der Waals surface area contributed by atoms with Gasteiger partial charge in [-0.1, -0.05) is 0 Å². The largest absolute Gasteiger partial charge is 0.392 e. The standard InChI is InChI=1S/C10H9FN2O/c1-6-4-12-9-2-7(5-14)8(11)3-10(9)13-6/h2-4,14H,5H2,1H3. The first-order chi connectivity index (χ1) is 6.70. The molecule has 1 aromatic heterocycles. The second-order valence-electron chi connectivity index (χ2n) is 3.10. The monoisotopic (exact) mass is 192 g/mol. The third kappa shape index (κ3) is 1.44. The maximum Gasteiger partial charge on any atom is 0.131 e. The van der Waals surface area contributed by atoms with Gasteiger partial charge in [0.2, 0.25) is 0 Å². The number of nitrogens with zero attached hydrogens (tertiary/aromatic N) is 2. The Morgan fingerprint density at radius 2 is 2.14 bits per heavy atom. The highest BCUT2D eigenvalue weighted by Gasteiger charge is 2.05. The van der Waals surface area contributed by atoms with Crippen molar-refractivity contribution in [1.82, 2.24) is 9.97 Å². The molecular weight excluding hydrogens is 183 g/mol. The van der Waals surface area contributed by atoms with E-state index in [4.69, 9.17) is 5.11 Å². The predicted molar refractivity (Wildman–Crippen MR) is 50.2 cm³/mol. The number of halogens is 1. The van der Waals surface area contributed by atoms with Crippen LogP contribution in [0, 0.1) is 12.7 Å². The fraction of sp³-hybridized carbons (Fsp3) is 0.200. The van der Waals surface area contributed by atoms with E-state index >= 15 is 0 Å². The number of benzene rings is 1. The first kappa shape index (κ1) is 9.02. The van der Waals surface area contributed by atoms with Crippen molar-refractivity contribution in [1.29, 1.82) is 0 Å². The number of rotatable bonds is 1. The Kier molecular flexibility index (Phi) is 2.13. The van der Waals surface area contributed by atoms with Gasteiger partial charge in [0.05, 0.1) is 23.3 Å². The van der Waals surface area contributed by atoms with Gasteiger partial charge >= 0.3 is 0 Å². The van der Waals surface area contributed by atoms with E-state index in [0.29, 0.717) is 11.0 Å². The number of aliphatic hydroxyl groups excluding tert-OH is 1. The Morgan fingerprint density at radius 3 is 2.86 bits per heavy atom. The van der Waals surface area contributed by atoms with Crippen LogP contribution >= 0.6 is 0 Å². The van der Waals surface area contributed by atoms with Gasteiger partial charge in [-0.15, -0.1) is 0 Å². The molecule has 72 valence electrons. The van der Waals surface area contributed by atoms with E-state index in [1.165, 1.54) is 12.1 Å². The maximum atomic E-state index is 13.2. The number of fused-ring (bicyclic) bond motifs is 1. The molecule has 0 fully saturated rings. The SMILES string of the molecule is Cc1cnc2cc(CO)c(F)cc2n1. The van der Waals surface area contributed by atoms with Crippen molar-refractivity contribution < 1.29 is 9.50 Å². The smallest absolute Gasteiger partial charge is 0.131 e. The van der Waals surface area contributed by atoms with Gasteiger partial charge in [-0.2, -0.15) is 0 Å². The van der Waals surface area contributed by atoms with E-state index in [1.807, 2.05) is 0 Å². The second-order valence-corrected chi connectivity index (χ2v) is 3.10. The Labute approximate surface area is 80.2 Å². The number of aliphatic hydroxyl groups is 1. The van der Waals surface area contributed by atoms with Crippen LogP contribution in [-0.2, 0) is 6.61 Å². The Hall–Kier alpha value is -1.55. The van der Waals surface area contributed by atoms with E-state index < -0.39 is 5.82 Å². The first-order valence-electron chi connectivity index (χ1n) is 4.23. The van der Waals surface area contributed by atoms with Gasteiger partial charge in [0.25, 0.3) is 0 Å². The summed E-state index contributed by atoms with van der Waals surface area (Å²) in [6, 6.07) is 2.80. The average Bonchev–Trinajstić information content (AvgIpc) is 2.16. The lowest BCUT2D eigenvalue weighted by Gasteiger charge is -2.02. The molecule has 0 saturated carbocycles. The maximum absolute atomic E-state index is 13.2. The van der Waals surface area contributed by atoms with Crippen molar-refractivity contribution in [2.45, 2.75) is 13.5 Å². The molecule has 1 heterocycles. The zero-order valence-corrected chi connectivity index (χ0v) is 7.66. The molecule has 2 aromatic rings. The highest BCUT2D eigenvalue weighted by molar-refractivity contribution is 5.75. The van der Waals surface area contributed by atoms with E-state index in [0.717, 1.165) is 5.69 Å². The Bertz CT molecular complexity index is 485. The molecule has 0 saturated heterocycles. The lowest BCUT2D eigenvalue weighted by Crippen LogP contribution is -1.94. The van der Waals surface area contributed by atoms with E-state index in [1.54, 1.807) is 13.1 Å². The number of aryl methyl sites for hydroxylation is 1. The molecule has 0 aliphatic carbocycles. The molecule has 3 nitrogen and oxygen atoms in total. The van der Waals surface area contributed by atoms with Crippen molar-refractivity contribution in [2.75, 3.05) is 0 Å². The summed E-state index contributed by atoms with van der Waals surface area (Å²) in [4.78, 5) is 8.22. The van der Waals surface area contributed by atoms with Gasteiger partial charge in [0.15, 0.2) is 0 Å². The molecule has 0 bridgehead atoms. The van der Waals surface area contributed by atoms with E-state index in [9.17, 15) is 4.39 Å². The summed E-state index contributed by atoms with van der Waals surface area (Å²) in [7, 11) is 0. The molecule has 0 atom stereocenters. The van der Waals surface area contributed by atoms with Gasteiger partial charge in [0, 0.05) is 17.8 Å². The third-order valence-electron chi connectivity index (χ3n) is 2.00. The fourth-order valence-corrected chi connectivity index (χ4v) is 1.29. The summed E-state index contributed by atoms with van der Waals surface area (Å²) >= 11 is 0. The molecule has 0 amide bonds. The average molecular weight is 192 g/mol. The second kappa shape index (κ2) is 3.31. The number of hydrogen-bond donors (Lipinski definition) is 1. The normalized spacial score (nSPS) is 10.8. The molecule has 0 spiro atoms. The fourth-order valence-electron chi connectivity index (χ4n) is 1.29. The van der Waals surface area contributed by atoms with Crippen molar-refractivity contribution in [2.24, 2.45) is 0 Å². The minimum atomic E-state index is -0.445. The van der Waals surface area contributed by atoms with Crippen molar-refractivity contribution in [3.05, 3.63) is 35.4 Å². The summed E-state index contributed by atoms with van der Waals surface area (Å²) in [5.41, 5.74) is 2.10. The van der Waals surface area contributed by atoms with Gasteiger partial charge < -0.3 is 5.11 Å². The molecule has 0 unspecified atom stereocenters. The third-order valence-corrected chi connectivity index (χ3v) is 2.00.